The quantitative estimate of drug-likeness (QED) is 0.874. The lowest BCUT2D eigenvalue weighted by Crippen LogP contribution is -2.48. The summed E-state index contributed by atoms with van der Waals surface area (Å²) in [4.78, 5) is 11.1. The van der Waals surface area contributed by atoms with Crippen LogP contribution in [-0.4, -0.2) is 25.5 Å². The predicted molar refractivity (Wildman–Crippen MR) is 65.5 cm³/mol. The summed E-state index contributed by atoms with van der Waals surface area (Å²) in [5, 5.41) is 10.7. The maximum atomic E-state index is 11.9. The zero-order valence-corrected chi connectivity index (χ0v) is 11.4. The van der Waals surface area contributed by atoms with Crippen molar-refractivity contribution in [2.45, 2.75) is 31.0 Å². The predicted octanol–water partition coefficient (Wildman–Crippen LogP) is 1.53. The number of carboxylic acid groups (broad SMARTS) is 1. The van der Waals surface area contributed by atoms with Crippen LogP contribution >= 0.6 is 11.3 Å². The second-order valence-corrected chi connectivity index (χ2v) is 7.58. The van der Waals surface area contributed by atoms with Crippen molar-refractivity contribution in [2.24, 2.45) is 5.41 Å². The summed E-state index contributed by atoms with van der Waals surface area (Å²) in [6, 6.07) is 1.88. The average Bonchev–Trinajstić information content (AvgIpc) is 2.65. The van der Waals surface area contributed by atoms with Crippen LogP contribution in [0.1, 0.15) is 20.8 Å². The largest absolute Gasteiger partial charge is 0.480 e. The molecule has 0 amide bonds. The number of aliphatic carboxylic acids is 1. The van der Waals surface area contributed by atoms with Gasteiger partial charge in [0.15, 0.2) is 0 Å². The molecule has 0 aliphatic carbocycles. The lowest BCUT2D eigenvalue weighted by Gasteiger charge is -2.27. The highest BCUT2D eigenvalue weighted by atomic mass is 32.2. The maximum absolute atomic E-state index is 11.9. The van der Waals surface area contributed by atoms with E-state index in [1.165, 1.54) is 6.07 Å². The van der Waals surface area contributed by atoms with Crippen molar-refractivity contribution in [3.8, 4) is 0 Å². The van der Waals surface area contributed by atoms with Crippen LogP contribution in [0.2, 0.25) is 0 Å². The molecule has 1 atom stereocenters. The molecule has 0 aliphatic heterocycles. The van der Waals surface area contributed by atoms with E-state index in [1.807, 2.05) is 0 Å². The highest BCUT2D eigenvalue weighted by Gasteiger charge is 2.35. The van der Waals surface area contributed by atoms with E-state index in [2.05, 4.69) is 4.72 Å². The van der Waals surface area contributed by atoms with Crippen LogP contribution in [0.25, 0.3) is 0 Å². The molecule has 2 N–H and O–H groups in total. The average molecular weight is 277 g/mol. The van der Waals surface area contributed by atoms with Crippen LogP contribution < -0.4 is 4.72 Å². The first-order valence-corrected chi connectivity index (χ1v) is 7.29. The zero-order valence-electron chi connectivity index (χ0n) is 9.80. The molecule has 0 aromatic carbocycles. The molecule has 1 heterocycles. The first-order valence-electron chi connectivity index (χ1n) is 4.93. The minimum Gasteiger partial charge on any atom is -0.480 e. The van der Waals surface area contributed by atoms with Crippen molar-refractivity contribution >= 4 is 27.3 Å². The fourth-order valence-electron chi connectivity index (χ4n) is 1.23. The lowest BCUT2D eigenvalue weighted by molar-refractivity contribution is -0.141. The zero-order chi connectivity index (χ0) is 13.3. The summed E-state index contributed by atoms with van der Waals surface area (Å²) in [5.41, 5.74) is -0.698. The second kappa shape index (κ2) is 4.75. The molecular formula is C10H15NO4S2. The van der Waals surface area contributed by atoms with E-state index in [-0.39, 0.29) is 4.21 Å². The number of thiophene rings is 1. The van der Waals surface area contributed by atoms with Gasteiger partial charge in [0, 0.05) is 0 Å². The third-order valence-electron chi connectivity index (χ3n) is 2.15. The molecule has 1 rings (SSSR count). The number of nitrogens with one attached hydrogen (secondary N) is 1. The Morgan fingerprint density at radius 1 is 1.47 bits per heavy atom. The van der Waals surface area contributed by atoms with Crippen molar-refractivity contribution in [1.82, 2.24) is 4.72 Å². The third kappa shape index (κ3) is 3.52. The molecule has 0 saturated carbocycles. The molecule has 0 fully saturated rings. The summed E-state index contributed by atoms with van der Waals surface area (Å²) in [6.07, 6.45) is 0. The van der Waals surface area contributed by atoms with Gasteiger partial charge in [-0.05, 0) is 16.9 Å². The molecule has 7 heteroatoms. The van der Waals surface area contributed by atoms with Gasteiger partial charge < -0.3 is 5.11 Å². The monoisotopic (exact) mass is 277 g/mol. The lowest BCUT2D eigenvalue weighted by atomic mass is 9.88. The van der Waals surface area contributed by atoms with Crippen molar-refractivity contribution in [3.05, 3.63) is 17.5 Å². The fourth-order valence-corrected chi connectivity index (χ4v) is 3.63. The third-order valence-corrected chi connectivity index (χ3v) is 4.97. The van der Waals surface area contributed by atoms with Crippen LogP contribution in [-0.2, 0) is 14.8 Å². The molecule has 17 heavy (non-hydrogen) atoms. The Hall–Kier alpha value is -0.920. The first kappa shape index (κ1) is 14.1. The highest BCUT2D eigenvalue weighted by molar-refractivity contribution is 7.91. The fraction of sp³-hybridized carbons (Fsp3) is 0.500. The molecule has 0 radical (unpaired) electrons. The van der Waals surface area contributed by atoms with Crippen LogP contribution in [0.15, 0.2) is 21.7 Å². The van der Waals surface area contributed by atoms with Crippen molar-refractivity contribution < 1.29 is 18.3 Å². The molecule has 0 unspecified atom stereocenters. The number of carbonyl (C=O) groups is 1. The van der Waals surface area contributed by atoms with E-state index in [9.17, 15) is 13.2 Å². The number of rotatable bonds is 4. The molecule has 1 aromatic rings. The maximum Gasteiger partial charge on any atom is 0.322 e. The Balaban J connectivity index is 3.01. The van der Waals surface area contributed by atoms with Crippen LogP contribution in [0, 0.1) is 5.41 Å². The van der Waals surface area contributed by atoms with Crippen molar-refractivity contribution in [3.63, 3.8) is 0 Å². The van der Waals surface area contributed by atoms with Crippen molar-refractivity contribution in [1.29, 1.82) is 0 Å². The van der Waals surface area contributed by atoms with Crippen LogP contribution in [0.5, 0.6) is 0 Å². The molecule has 0 spiro atoms. The standard InChI is InChI=1S/C10H15NO4S2/c1-10(2,3)8(9(12)13)11-17(14,15)7-5-4-6-16-7/h4-6,8,11H,1-3H3,(H,12,13)/t8-/m0/s1. The topological polar surface area (TPSA) is 83.5 Å². The number of sulfonamides is 1. The summed E-state index contributed by atoms with van der Waals surface area (Å²) in [6.45, 7) is 5.01. The Morgan fingerprint density at radius 2 is 2.06 bits per heavy atom. The van der Waals surface area contributed by atoms with Gasteiger partial charge in [-0.3, -0.25) is 4.79 Å². The van der Waals surface area contributed by atoms with Crippen LogP contribution in [0.3, 0.4) is 0 Å². The number of carboxylic acids is 1. The van der Waals surface area contributed by atoms with Gasteiger partial charge in [0.25, 0.3) is 10.0 Å². The van der Waals surface area contributed by atoms with Gasteiger partial charge in [-0.15, -0.1) is 11.3 Å². The van der Waals surface area contributed by atoms with Gasteiger partial charge in [-0.1, -0.05) is 26.8 Å². The van der Waals surface area contributed by atoms with E-state index in [4.69, 9.17) is 5.11 Å². The van der Waals surface area contributed by atoms with Crippen molar-refractivity contribution in [2.75, 3.05) is 0 Å². The van der Waals surface area contributed by atoms with Gasteiger partial charge in [0.1, 0.15) is 10.3 Å². The van der Waals surface area contributed by atoms with Crippen LogP contribution in [0.4, 0.5) is 0 Å². The van der Waals surface area contributed by atoms with E-state index < -0.39 is 27.4 Å². The van der Waals surface area contributed by atoms with E-state index >= 15 is 0 Å². The SMILES string of the molecule is CC(C)(C)[C@@H](NS(=O)(=O)c1cccs1)C(=O)O. The molecular weight excluding hydrogens is 262 g/mol. The number of hydrogen-bond donors (Lipinski definition) is 2. The van der Waals surface area contributed by atoms with E-state index in [1.54, 1.807) is 32.2 Å². The number of hydrogen-bond acceptors (Lipinski definition) is 4. The summed E-state index contributed by atoms with van der Waals surface area (Å²) in [7, 11) is -3.76. The van der Waals surface area contributed by atoms with Gasteiger partial charge in [0.2, 0.25) is 0 Å². The first-order chi connectivity index (χ1) is 7.64. The minimum atomic E-state index is -3.76. The Labute approximate surface area is 105 Å². The minimum absolute atomic E-state index is 0.119. The summed E-state index contributed by atoms with van der Waals surface area (Å²) >= 11 is 1.05. The molecule has 96 valence electrons. The molecule has 0 saturated heterocycles. The Bertz CT molecular complexity index is 485. The van der Waals surface area contributed by atoms with Gasteiger partial charge in [0.05, 0.1) is 0 Å². The Morgan fingerprint density at radius 3 is 2.41 bits per heavy atom. The highest BCUT2D eigenvalue weighted by Crippen LogP contribution is 2.23. The van der Waals surface area contributed by atoms with Gasteiger partial charge in [-0.25, -0.2) is 8.42 Å². The molecule has 5 nitrogen and oxygen atoms in total. The molecule has 0 aliphatic rings. The van der Waals surface area contributed by atoms with E-state index in [0.717, 1.165) is 11.3 Å². The smallest absolute Gasteiger partial charge is 0.322 e. The Kier molecular flexibility index (Phi) is 3.95. The summed E-state index contributed by atoms with van der Waals surface area (Å²) < 4.78 is 26.1. The second-order valence-electron chi connectivity index (χ2n) is 4.69. The van der Waals surface area contributed by atoms with E-state index in [0.29, 0.717) is 0 Å². The molecule has 1 aromatic heterocycles. The normalized spacial score (nSPS) is 14.5. The molecule has 0 bridgehead atoms. The van der Waals surface area contributed by atoms with Gasteiger partial charge in [-0.2, -0.15) is 4.72 Å². The van der Waals surface area contributed by atoms with Gasteiger partial charge >= 0.3 is 5.97 Å². The summed E-state index contributed by atoms with van der Waals surface area (Å²) in [5.74, 6) is -1.18.